The highest BCUT2D eigenvalue weighted by Crippen LogP contribution is 2.36. The molecule has 95 heavy (non-hydrogen) atoms. The van der Waals surface area contributed by atoms with Crippen LogP contribution in [0.15, 0.2) is 225 Å². The Balaban J connectivity index is 0.000000139. The molecule has 8 aromatic carbocycles. The van der Waals surface area contributed by atoms with Crippen molar-refractivity contribution in [3.63, 3.8) is 0 Å². The van der Waals surface area contributed by atoms with E-state index in [0.717, 1.165) is 76.4 Å². The van der Waals surface area contributed by atoms with Gasteiger partial charge in [0.15, 0.2) is 0 Å². The van der Waals surface area contributed by atoms with E-state index < -0.39 is 38.9 Å². The van der Waals surface area contributed by atoms with Crippen LogP contribution in [0.1, 0.15) is 54.4 Å². The molecule has 0 spiro atoms. The van der Waals surface area contributed by atoms with Gasteiger partial charge in [0, 0.05) is 106 Å². The molecule has 0 bridgehead atoms. The standard InChI is InChI=1S/C21H19N3O2S.C17H19N3O3S.C16H23N3O2S.C16H17N3O2S/c1-24-15-16-14-17(12-13-20(16)22-21(24)25)23-27(26,18-8-4-2-5-9-18)19-10-6-3-7-11-19;1-20-11-12-10-13(8-9-14(12)18-17(20)21)19-24(3,22)16-7-5-4-6-15(16)23-2;2*1-19-11-12-10-13(8-9-15(12)17-16(19)20)18-22(2,21)14-6-4-3-5-7-14/h2-14H,15H2,1H3,(H,22,25);4-10H,11H2,1-3H3,(H,18,21);8-10,14H,3-7,11H2,1-2H3,(H,17,20);3-10H,11H2,1-2H3,(H,17,20). The van der Waals surface area contributed by atoms with Crippen molar-refractivity contribution in [2.24, 2.45) is 17.5 Å². The molecule has 8 amide bonds. The van der Waals surface area contributed by atoms with Crippen LogP contribution in [-0.4, -0.2) is 120 Å². The monoisotopic (exact) mass is 1360 g/mol. The summed E-state index contributed by atoms with van der Waals surface area (Å²) in [6.07, 6.45) is 10.6. The zero-order chi connectivity index (χ0) is 67.7. The number of carbonyl (C=O) groups is 4. The molecule has 5 aliphatic rings. The number of hydrogen-bond acceptors (Lipinski definition) is 13. The summed E-state index contributed by atoms with van der Waals surface area (Å²) in [5.74, 6) is 0.554. The van der Waals surface area contributed by atoms with Gasteiger partial charge in [-0.2, -0.15) is 17.5 Å². The third kappa shape index (κ3) is 16.7. The van der Waals surface area contributed by atoms with Crippen LogP contribution >= 0.6 is 0 Å². The summed E-state index contributed by atoms with van der Waals surface area (Å²) in [5, 5.41) is 11.5. The van der Waals surface area contributed by atoms with E-state index in [1.807, 2.05) is 146 Å². The van der Waals surface area contributed by atoms with Crippen molar-refractivity contribution in [3.05, 3.63) is 210 Å². The topological polar surface area (TPSA) is 256 Å². The van der Waals surface area contributed by atoms with E-state index in [0.29, 0.717) is 68.6 Å². The molecule has 3 unspecified atom stereocenters. The summed E-state index contributed by atoms with van der Waals surface area (Å²) in [5.41, 5.74) is 9.63. The molecule has 0 radical (unpaired) electrons. The number of para-hydroxylation sites is 1. The van der Waals surface area contributed by atoms with Gasteiger partial charge in [-0.3, -0.25) is 0 Å². The van der Waals surface area contributed by atoms with E-state index in [2.05, 4.69) is 38.7 Å². The van der Waals surface area contributed by atoms with Gasteiger partial charge in [-0.15, -0.1) is 0 Å². The molecular weight excluding hydrogens is 1280 g/mol. The molecule has 1 aliphatic carbocycles. The van der Waals surface area contributed by atoms with Gasteiger partial charge in [0.1, 0.15) is 15.5 Å². The molecule has 13 rings (SSSR count). The number of nitrogens with zero attached hydrogens (tertiary/aromatic N) is 8. The molecular formula is C70H78N12O9S4. The van der Waals surface area contributed by atoms with Crippen LogP contribution < -0.4 is 26.0 Å². The SMILES string of the molecule is CN1Cc2cc(N=S(=O)(c3ccccc3)c3ccccc3)ccc2NC1=O.CN1Cc2cc(N=S(C)(=O)C3CCCCC3)ccc2NC1=O.CN1Cc2cc(N=S(C)(=O)c3ccccc3)ccc2NC1=O.COc1ccccc1S(C)(=O)=Nc1ccc2c(c1)CN(C)C(=O)N2. The molecule has 0 aromatic heterocycles. The van der Waals surface area contributed by atoms with Crippen molar-refractivity contribution >= 4 is 109 Å². The van der Waals surface area contributed by atoms with Gasteiger partial charge in [0.2, 0.25) is 0 Å². The zero-order valence-corrected chi connectivity index (χ0v) is 57.5. The van der Waals surface area contributed by atoms with Gasteiger partial charge < -0.3 is 45.6 Å². The molecule has 496 valence electrons. The number of carbonyl (C=O) groups excluding carboxylic acids is 4. The van der Waals surface area contributed by atoms with Gasteiger partial charge in [-0.05, 0) is 156 Å². The minimum Gasteiger partial charge on any atom is -0.495 e. The number of anilines is 4. The molecule has 3 atom stereocenters. The quantitative estimate of drug-likeness (QED) is 0.101. The van der Waals surface area contributed by atoms with Gasteiger partial charge in [-0.25, -0.2) is 36.0 Å². The number of urea groups is 4. The predicted molar refractivity (Wildman–Crippen MR) is 379 cm³/mol. The first-order chi connectivity index (χ1) is 45.4. The highest BCUT2D eigenvalue weighted by molar-refractivity contribution is 7.94. The lowest BCUT2D eigenvalue weighted by molar-refractivity contribution is 0.218. The van der Waals surface area contributed by atoms with E-state index in [1.54, 1.807) is 116 Å². The lowest BCUT2D eigenvalue weighted by Gasteiger charge is -2.26. The average Bonchev–Trinajstić information content (AvgIpc) is 0.889. The van der Waals surface area contributed by atoms with Crippen LogP contribution in [0.3, 0.4) is 0 Å². The summed E-state index contributed by atoms with van der Waals surface area (Å²) in [4.78, 5) is 55.7. The third-order valence-corrected chi connectivity index (χ3v) is 24.4. The maximum Gasteiger partial charge on any atom is 0.321 e. The Kier molecular flexibility index (Phi) is 21.1. The molecule has 8 aromatic rings. The van der Waals surface area contributed by atoms with Crippen LogP contribution in [0.2, 0.25) is 0 Å². The zero-order valence-electron chi connectivity index (χ0n) is 54.2. The van der Waals surface area contributed by atoms with E-state index in [4.69, 9.17) is 4.74 Å². The highest BCUT2D eigenvalue weighted by Gasteiger charge is 2.26. The Labute approximate surface area is 557 Å². The number of fused-ring (bicyclic) bond motifs is 4. The maximum absolute atomic E-state index is 14.0. The number of nitrogens with one attached hydrogen (secondary N) is 4. The van der Waals surface area contributed by atoms with E-state index >= 15 is 0 Å². The first-order valence-corrected chi connectivity index (χ1v) is 38.0. The number of benzene rings is 8. The van der Waals surface area contributed by atoms with Crippen LogP contribution in [0, 0.1) is 0 Å². The Morgan fingerprint density at radius 1 is 0.389 bits per heavy atom. The molecule has 25 heteroatoms. The molecule has 4 N–H and O–H groups in total. The Morgan fingerprint density at radius 2 is 0.716 bits per heavy atom. The molecule has 0 saturated heterocycles. The molecule has 1 saturated carbocycles. The first-order valence-electron chi connectivity index (χ1n) is 30.7. The number of methoxy groups -OCH3 is 1. The Morgan fingerprint density at radius 3 is 1.09 bits per heavy atom. The molecule has 21 nitrogen and oxygen atoms in total. The second-order valence-corrected chi connectivity index (χ2v) is 33.0. The lowest BCUT2D eigenvalue weighted by Crippen LogP contribution is -2.35. The van der Waals surface area contributed by atoms with Crippen molar-refractivity contribution in [3.8, 4) is 5.75 Å². The van der Waals surface area contributed by atoms with Crippen LogP contribution in [-0.2, 0) is 65.1 Å². The number of ether oxygens (including phenoxy) is 1. The average molecular weight is 1360 g/mol. The van der Waals surface area contributed by atoms with E-state index in [-0.39, 0.29) is 29.4 Å². The van der Waals surface area contributed by atoms with Crippen LogP contribution in [0.25, 0.3) is 0 Å². The van der Waals surface area contributed by atoms with Gasteiger partial charge in [0.25, 0.3) is 0 Å². The van der Waals surface area contributed by atoms with Crippen molar-refractivity contribution in [2.75, 3.05) is 75.3 Å². The summed E-state index contributed by atoms with van der Waals surface area (Å²) < 4.78 is 76.2. The molecule has 1 fully saturated rings. The van der Waals surface area contributed by atoms with Crippen molar-refractivity contribution in [2.45, 2.75) is 83.1 Å². The first kappa shape index (κ1) is 68.3. The summed E-state index contributed by atoms with van der Waals surface area (Å²) >= 11 is 0. The number of amides is 8. The summed E-state index contributed by atoms with van der Waals surface area (Å²) in [6, 6.07) is 56.5. The maximum atomic E-state index is 14.0. The fourth-order valence-electron chi connectivity index (χ4n) is 11.2. The van der Waals surface area contributed by atoms with Crippen LogP contribution in [0.4, 0.5) is 64.7 Å². The smallest absolute Gasteiger partial charge is 0.321 e. The van der Waals surface area contributed by atoms with Crippen molar-refractivity contribution in [1.82, 2.24) is 19.6 Å². The number of rotatable bonds is 10. The predicted octanol–water partition coefficient (Wildman–Crippen LogP) is 15.5. The fourth-order valence-corrected chi connectivity index (χ4v) is 17.8. The van der Waals surface area contributed by atoms with Gasteiger partial charge in [0.05, 0.1) is 73.7 Å². The normalized spacial score (nSPS) is 16.8. The van der Waals surface area contributed by atoms with Crippen molar-refractivity contribution < 1.29 is 40.8 Å². The van der Waals surface area contributed by atoms with Gasteiger partial charge >= 0.3 is 24.1 Å². The largest absolute Gasteiger partial charge is 0.495 e. The third-order valence-electron chi connectivity index (χ3n) is 16.4. The van der Waals surface area contributed by atoms with Crippen molar-refractivity contribution in [1.29, 1.82) is 0 Å². The molecule has 4 heterocycles. The molecule has 4 aliphatic heterocycles. The van der Waals surface area contributed by atoms with Gasteiger partial charge in [-0.1, -0.05) is 86.0 Å². The summed E-state index contributed by atoms with van der Waals surface area (Å²) in [7, 11) is -1.69. The Hall–Kier alpha value is -9.56. The highest BCUT2D eigenvalue weighted by atomic mass is 32.2. The Bertz CT molecular complexity index is 4700. The number of hydrogen-bond donors (Lipinski definition) is 4. The second kappa shape index (κ2) is 29.4. The lowest BCUT2D eigenvalue weighted by atomic mass is 10.0. The second-order valence-electron chi connectivity index (χ2n) is 23.7. The van der Waals surface area contributed by atoms with E-state index in [9.17, 15) is 36.0 Å². The minimum atomic E-state index is -2.83. The summed E-state index contributed by atoms with van der Waals surface area (Å²) in [6.45, 7) is 2.05. The van der Waals surface area contributed by atoms with E-state index in [1.165, 1.54) is 6.42 Å². The van der Waals surface area contributed by atoms with Crippen LogP contribution in [0.5, 0.6) is 5.75 Å². The fraction of sp³-hybridized carbons (Fsp3) is 0.257. The minimum absolute atomic E-state index is 0.0984.